The van der Waals surface area contributed by atoms with Crippen molar-refractivity contribution in [3.8, 4) is 11.1 Å². The second-order valence-corrected chi connectivity index (χ2v) is 6.36. The lowest BCUT2D eigenvalue weighted by Crippen LogP contribution is -1.99. The SMILES string of the molecule is C=NC(=N/C(=C\C)C1=CCCC=C1)c1cccc(-c2cccc(C)c2)c1. The monoisotopic (exact) mass is 340 g/mol. The molecule has 0 amide bonds. The van der Waals surface area contributed by atoms with E-state index >= 15 is 0 Å². The second-order valence-electron chi connectivity index (χ2n) is 6.36. The molecule has 0 heterocycles. The van der Waals surface area contributed by atoms with Crippen LogP contribution in [0.3, 0.4) is 0 Å². The molecule has 0 aliphatic heterocycles. The van der Waals surface area contributed by atoms with Crippen molar-refractivity contribution < 1.29 is 0 Å². The minimum Gasteiger partial charge on any atom is -0.245 e. The van der Waals surface area contributed by atoms with Crippen molar-refractivity contribution in [3.05, 3.63) is 95.2 Å². The average molecular weight is 340 g/mol. The van der Waals surface area contributed by atoms with Crippen LogP contribution in [-0.4, -0.2) is 12.6 Å². The number of aliphatic imine (C=N–C) groups is 2. The summed E-state index contributed by atoms with van der Waals surface area (Å²) in [5.74, 6) is 0.646. The van der Waals surface area contributed by atoms with E-state index in [4.69, 9.17) is 4.99 Å². The Balaban J connectivity index is 1.98. The van der Waals surface area contributed by atoms with E-state index in [0.29, 0.717) is 5.84 Å². The number of aryl methyl sites for hydroxylation is 1. The van der Waals surface area contributed by atoms with Crippen LogP contribution in [0.2, 0.25) is 0 Å². The highest BCUT2D eigenvalue weighted by molar-refractivity contribution is 6.03. The van der Waals surface area contributed by atoms with E-state index < -0.39 is 0 Å². The van der Waals surface area contributed by atoms with Crippen LogP contribution >= 0.6 is 0 Å². The maximum Gasteiger partial charge on any atom is 0.159 e. The summed E-state index contributed by atoms with van der Waals surface area (Å²) >= 11 is 0. The smallest absolute Gasteiger partial charge is 0.159 e. The van der Waals surface area contributed by atoms with Gasteiger partial charge >= 0.3 is 0 Å². The molecule has 2 aromatic rings. The predicted molar refractivity (Wildman–Crippen MR) is 113 cm³/mol. The molecule has 1 aliphatic rings. The summed E-state index contributed by atoms with van der Waals surface area (Å²) < 4.78 is 0. The average Bonchev–Trinajstić information content (AvgIpc) is 2.70. The largest absolute Gasteiger partial charge is 0.245 e. The van der Waals surface area contributed by atoms with Gasteiger partial charge in [-0.3, -0.25) is 0 Å². The van der Waals surface area contributed by atoms with Gasteiger partial charge in [-0.15, -0.1) is 0 Å². The Kier molecular flexibility index (Phi) is 5.75. The van der Waals surface area contributed by atoms with E-state index in [9.17, 15) is 0 Å². The van der Waals surface area contributed by atoms with Gasteiger partial charge in [0.2, 0.25) is 0 Å². The van der Waals surface area contributed by atoms with Gasteiger partial charge in [-0.05, 0) is 56.2 Å². The molecular formula is C24H24N2. The highest BCUT2D eigenvalue weighted by Gasteiger charge is 2.08. The number of benzene rings is 2. The Hall–Kier alpha value is -3.00. The van der Waals surface area contributed by atoms with Crippen LogP contribution in [0.5, 0.6) is 0 Å². The van der Waals surface area contributed by atoms with Crippen molar-refractivity contribution in [1.29, 1.82) is 0 Å². The topological polar surface area (TPSA) is 24.7 Å². The first-order chi connectivity index (χ1) is 12.7. The molecule has 0 aromatic heterocycles. The molecule has 0 fully saturated rings. The summed E-state index contributed by atoms with van der Waals surface area (Å²) in [6.07, 6.45) is 10.7. The van der Waals surface area contributed by atoms with Crippen molar-refractivity contribution >= 4 is 12.6 Å². The van der Waals surface area contributed by atoms with Crippen LogP contribution < -0.4 is 0 Å². The molecule has 0 saturated heterocycles. The van der Waals surface area contributed by atoms with E-state index in [2.05, 4.69) is 73.3 Å². The van der Waals surface area contributed by atoms with Crippen LogP contribution in [0.1, 0.15) is 30.9 Å². The summed E-state index contributed by atoms with van der Waals surface area (Å²) in [7, 11) is 0. The Morgan fingerprint density at radius 2 is 1.81 bits per heavy atom. The van der Waals surface area contributed by atoms with E-state index in [0.717, 1.165) is 35.2 Å². The number of allylic oxidation sites excluding steroid dienone is 4. The minimum atomic E-state index is 0.646. The van der Waals surface area contributed by atoms with Crippen LogP contribution in [0.25, 0.3) is 11.1 Å². The van der Waals surface area contributed by atoms with E-state index in [1.807, 2.05) is 25.1 Å². The van der Waals surface area contributed by atoms with Crippen LogP contribution in [-0.2, 0) is 0 Å². The lowest BCUT2D eigenvalue weighted by atomic mass is 10.0. The number of hydrogen-bond donors (Lipinski definition) is 0. The van der Waals surface area contributed by atoms with E-state index in [1.165, 1.54) is 11.1 Å². The zero-order valence-electron chi connectivity index (χ0n) is 15.4. The van der Waals surface area contributed by atoms with Crippen molar-refractivity contribution in [2.45, 2.75) is 26.7 Å². The quantitative estimate of drug-likeness (QED) is 0.461. The third kappa shape index (κ3) is 4.15. The fourth-order valence-corrected chi connectivity index (χ4v) is 3.07. The van der Waals surface area contributed by atoms with Gasteiger partial charge in [0.25, 0.3) is 0 Å². The third-order valence-electron chi connectivity index (χ3n) is 4.41. The van der Waals surface area contributed by atoms with Crippen molar-refractivity contribution in [1.82, 2.24) is 0 Å². The fourth-order valence-electron chi connectivity index (χ4n) is 3.07. The highest BCUT2D eigenvalue weighted by Crippen LogP contribution is 2.24. The first-order valence-corrected chi connectivity index (χ1v) is 8.97. The summed E-state index contributed by atoms with van der Waals surface area (Å²) in [5, 5.41) is 0. The summed E-state index contributed by atoms with van der Waals surface area (Å²) in [5.41, 5.74) is 6.65. The zero-order valence-corrected chi connectivity index (χ0v) is 15.4. The molecular weight excluding hydrogens is 316 g/mol. The third-order valence-corrected chi connectivity index (χ3v) is 4.41. The van der Waals surface area contributed by atoms with Crippen molar-refractivity contribution in [3.63, 3.8) is 0 Å². The van der Waals surface area contributed by atoms with Crippen molar-refractivity contribution in [2.24, 2.45) is 9.98 Å². The Morgan fingerprint density at radius 1 is 1.04 bits per heavy atom. The lowest BCUT2D eigenvalue weighted by molar-refractivity contribution is 1.01. The molecule has 0 saturated carbocycles. The zero-order chi connectivity index (χ0) is 18.4. The Labute approximate surface area is 156 Å². The van der Waals surface area contributed by atoms with Crippen LogP contribution in [0.4, 0.5) is 0 Å². The molecule has 0 N–H and O–H groups in total. The van der Waals surface area contributed by atoms with Crippen LogP contribution in [0.15, 0.2) is 94.1 Å². The van der Waals surface area contributed by atoms with Gasteiger partial charge in [0.05, 0.1) is 5.70 Å². The standard InChI is InChI=1S/C24H24N2/c1-4-23(19-11-6-5-7-12-19)26-24(25-3)22-15-9-14-21(17-22)20-13-8-10-18(2)16-20/h4,6,8-17H,3,5,7H2,1-2H3/b23-4-,26-24?. The highest BCUT2D eigenvalue weighted by atomic mass is 14.9. The molecule has 130 valence electrons. The summed E-state index contributed by atoms with van der Waals surface area (Å²) in [6.45, 7) is 7.85. The lowest BCUT2D eigenvalue weighted by Gasteiger charge is -2.10. The summed E-state index contributed by atoms with van der Waals surface area (Å²) in [4.78, 5) is 8.99. The number of amidine groups is 1. The molecule has 3 rings (SSSR count). The number of hydrogen-bond acceptors (Lipinski definition) is 1. The van der Waals surface area contributed by atoms with Crippen molar-refractivity contribution in [2.75, 3.05) is 0 Å². The molecule has 2 aromatic carbocycles. The van der Waals surface area contributed by atoms with E-state index in [-0.39, 0.29) is 0 Å². The fraction of sp³-hybridized carbons (Fsp3) is 0.167. The molecule has 26 heavy (non-hydrogen) atoms. The first kappa shape index (κ1) is 17.8. The Bertz CT molecular complexity index is 927. The molecule has 0 unspecified atom stereocenters. The van der Waals surface area contributed by atoms with E-state index in [1.54, 1.807) is 0 Å². The predicted octanol–water partition coefficient (Wildman–Crippen LogP) is 6.29. The number of nitrogens with zero attached hydrogens (tertiary/aromatic N) is 2. The van der Waals surface area contributed by atoms with Gasteiger partial charge in [-0.1, -0.05) is 72.3 Å². The summed E-state index contributed by atoms with van der Waals surface area (Å²) in [6, 6.07) is 16.8. The van der Waals surface area contributed by atoms with Gasteiger partial charge in [0, 0.05) is 5.56 Å². The minimum absolute atomic E-state index is 0.646. The maximum absolute atomic E-state index is 4.79. The van der Waals surface area contributed by atoms with Gasteiger partial charge in [-0.2, -0.15) is 0 Å². The van der Waals surface area contributed by atoms with Crippen LogP contribution in [0, 0.1) is 6.92 Å². The molecule has 2 nitrogen and oxygen atoms in total. The molecule has 2 heteroatoms. The first-order valence-electron chi connectivity index (χ1n) is 8.97. The molecule has 0 bridgehead atoms. The number of rotatable bonds is 4. The van der Waals surface area contributed by atoms with Gasteiger partial charge in [-0.25, -0.2) is 9.98 Å². The molecule has 1 aliphatic carbocycles. The molecule has 0 radical (unpaired) electrons. The van der Waals surface area contributed by atoms with Gasteiger partial charge in [0.1, 0.15) is 0 Å². The van der Waals surface area contributed by atoms with Gasteiger partial charge in [0.15, 0.2) is 5.84 Å². The molecule has 0 atom stereocenters. The second kappa shape index (κ2) is 8.39. The molecule has 0 spiro atoms. The van der Waals surface area contributed by atoms with Gasteiger partial charge < -0.3 is 0 Å². The maximum atomic E-state index is 4.79. The normalized spacial score (nSPS) is 14.9. The Morgan fingerprint density at radius 3 is 2.46 bits per heavy atom.